The summed E-state index contributed by atoms with van der Waals surface area (Å²) in [5.41, 5.74) is 1.37. The van der Waals surface area contributed by atoms with Crippen LogP contribution in [0.2, 0.25) is 0 Å². The Hall–Kier alpha value is -3.54. The second-order valence-electron chi connectivity index (χ2n) is 7.80. The van der Waals surface area contributed by atoms with Crippen molar-refractivity contribution in [3.63, 3.8) is 0 Å². The predicted octanol–water partition coefficient (Wildman–Crippen LogP) is 4.52. The van der Waals surface area contributed by atoms with E-state index in [0.29, 0.717) is 42.6 Å². The monoisotopic (exact) mass is 417 g/mol. The van der Waals surface area contributed by atoms with Crippen LogP contribution < -0.4 is 15.4 Å². The van der Waals surface area contributed by atoms with Crippen LogP contribution in [-0.4, -0.2) is 43.6 Å². The molecule has 1 aliphatic heterocycles. The highest BCUT2D eigenvalue weighted by atomic mass is 16.5. The van der Waals surface area contributed by atoms with Crippen LogP contribution in [0, 0.1) is 5.92 Å². The van der Waals surface area contributed by atoms with E-state index in [2.05, 4.69) is 10.6 Å². The van der Waals surface area contributed by atoms with Crippen LogP contribution in [0.1, 0.15) is 23.2 Å². The summed E-state index contributed by atoms with van der Waals surface area (Å²) in [6.07, 6.45) is 1.71. The van der Waals surface area contributed by atoms with Gasteiger partial charge in [-0.25, -0.2) is 4.79 Å². The van der Waals surface area contributed by atoms with Crippen LogP contribution in [0.15, 0.2) is 66.7 Å². The summed E-state index contributed by atoms with van der Waals surface area (Å²) in [6, 6.07) is 21.0. The number of likely N-dealkylation sites (tertiary alicyclic amines) is 1. The molecule has 3 amide bonds. The van der Waals surface area contributed by atoms with Gasteiger partial charge in [0.1, 0.15) is 5.75 Å². The fourth-order valence-electron chi connectivity index (χ4n) is 4.04. The zero-order valence-corrected chi connectivity index (χ0v) is 17.6. The maximum absolute atomic E-state index is 12.7. The first-order valence-corrected chi connectivity index (χ1v) is 10.6. The van der Waals surface area contributed by atoms with Crippen molar-refractivity contribution in [1.82, 2.24) is 10.2 Å². The molecule has 0 spiro atoms. The van der Waals surface area contributed by atoms with Gasteiger partial charge in [0.2, 0.25) is 0 Å². The first kappa shape index (κ1) is 20.7. The highest BCUT2D eigenvalue weighted by Crippen LogP contribution is 2.25. The van der Waals surface area contributed by atoms with E-state index in [9.17, 15) is 9.59 Å². The molecule has 6 nitrogen and oxygen atoms in total. The third-order valence-electron chi connectivity index (χ3n) is 5.84. The number of benzene rings is 3. The lowest BCUT2D eigenvalue weighted by Crippen LogP contribution is -2.43. The molecule has 1 heterocycles. The number of para-hydroxylation sites is 2. The molecule has 0 bridgehead atoms. The molecule has 3 aromatic rings. The number of rotatable bonds is 5. The Kier molecular flexibility index (Phi) is 6.36. The summed E-state index contributed by atoms with van der Waals surface area (Å²) < 4.78 is 5.29. The molecule has 0 unspecified atom stereocenters. The Morgan fingerprint density at radius 1 is 0.968 bits per heavy atom. The number of methoxy groups -OCH3 is 1. The van der Waals surface area contributed by atoms with Crippen molar-refractivity contribution in [1.29, 1.82) is 0 Å². The van der Waals surface area contributed by atoms with Gasteiger partial charge in [0, 0.05) is 25.2 Å². The van der Waals surface area contributed by atoms with Crippen molar-refractivity contribution >= 4 is 28.4 Å². The number of urea groups is 1. The first-order valence-electron chi connectivity index (χ1n) is 10.6. The van der Waals surface area contributed by atoms with Gasteiger partial charge in [-0.3, -0.25) is 4.79 Å². The maximum atomic E-state index is 12.7. The van der Waals surface area contributed by atoms with Gasteiger partial charge in [0.05, 0.1) is 12.8 Å². The van der Waals surface area contributed by atoms with E-state index in [1.54, 1.807) is 7.11 Å². The molecule has 1 saturated heterocycles. The molecule has 0 atom stereocenters. The number of hydrogen-bond donors (Lipinski definition) is 2. The minimum absolute atomic E-state index is 0.0480. The topological polar surface area (TPSA) is 70.7 Å². The van der Waals surface area contributed by atoms with Gasteiger partial charge < -0.3 is 20.3 Å². The molecule has 0 saturated carbocycles. The van der Waals surface area contributed by atoms with E-state index in [1.807, 2.05) is 71.6 Å². The molecular weight excluding hydrogens is 390 g/mol. The van der Waals surface area contributed by atoms with Crippen molar-refractivity contribution in [3.8, 4) is 5.75 Å². The van der Waals surface area contributed by atoms with E-state index >= 15 is 0 Å². The van der Waals surface area contributed by atoms with Crippen LogP contribution in [0.3, 0.4) is 0 Å². The molecule has 31 heavy (non-hydrogen) atoms. The number of hydrogen-bond acceptors (Lipinski definition) is 3. The molecule has 0 aromatic heterocycles. The van der Waals surface area contributed by atoms with Crippen molar-refractivity contribution in [2.24, 2.45) is 5.92 Å². The molecule has 6 heteroatoms. The fourth-order valence-corrected chi connectivity index (χ4v) is 4.04. The van der Waals surface area contributed by atoms with Gasteiger partial charge in [0.25, 0.3) is 5.91 Å². The second-order valence-corrected chi connectivity index (χ2v) is 7.80. The van der Waals surface area contributed by atoms with Crippen molar-refractivity contribution in [2.75, 3.05) is 32.1 Å². The van der Waals surface area contributed by atoms with Crippen molar-refractivity contribution in [3.05, 3.63) is 72.3 Å². The highest BCUT2D eigenvalue weighted by molar-refractivity contribution is 6.07. The Balaban J connectivity index is 1.28. The normalized spacial score (nSPS) is 14.3. The van der Waals surface area contributed by atoms with E-state index in [-0.39, 0.29) is 11.9 Å². The smallest absolute Gasteiger partial charge is 0.321 e. The maximum Gasteiger partial charge on any atom is 0.321 e. The lowest BCUT2D eigenvalue weighted by atomic mass is 9.96. The zero-order valence-electron chi connectivity index (χ0n) is 17.6. The van der Waals surface area contributed by atoms with Crippen molar-refractivity contribution < 1.29 is 14.3 Å². The Morgan fingerprint density at radius 3 is 2.48 bits per heavy atom. The van der Waals surface area contributed by atoms with Crippen LogP contribution in [-0.2, 0) is 0 Å². The number of nitrogens with one attached hydrogen (secondary N) is 2. The summed E-state index contributed by atoms with van der Waals surface area (Å²) in [6.45, 7) is 1.94. The standard InChI is InChI=1S/C25H27N3O3/c1-31-23-12-5-4-11-22(23)27-25(30)28-15-13-18(14-16-28)17-26-24(29)21-10-6-8-19-7-2-3-9-20(19)21/h2-12,18H,13-17H2,1H3,(H,26,29)(H,27,30). The van der Waals surface area contributed by atoms with Gasteiger partial charge in [0.15, 0.2) is 0 Å². The fraction of sp³-hybridized carbons (Fsp3) is 0.280. The quantitative estimate of drug-likeness (QED) is 0.641. The summed E-state index contributed by atoms with van der Waals surface area (Å²) in [5, 5.41) is 8.04. The van der Waals surface area contributed by atoms with Gasteiger partial charge in [-0.15, -0.1) is 0 Å². The number of fused-ring (bicyclic) bond motifs is 1. The summed E-state index contributed by atoms with van der Waals surface area (Å²) in [4.78, 5) is 27.2. The minimum Gasteiger partial charge on any atom is -0.495 e. The molecule has 1 aliphatic rings. The number of ether oxygens (including phenoxy) is 1. The Labute approximate surface area is 182 Å². The molecule has 0 radical (unpaired) electrons. The third kappa shape index (κ3) is 4.79. The molecule has 3 aromatic carbocycles. The predicted molar refractivity (Wildman–Crippen MR) is 123 cm³/mol. The molecule has 1 fully saturated rings. The molecule has 160 valence electrons. The second kappa shape index (κ2) is 9.51. The van der Waals surface area contributed by atoms with E-state index in [4.69, 9.17) is 4.74 Å². The van der Waals surface area contributed by atoms with Gasteiger partial charge >= 0.3 is 6.03 Å². The summed E-state index contributed by atoms with van der Waals surface area (Å²) in [7, 11) is 1.59. The SMILES string of the molecule is COc1ccccc1NC(=O)N1CCC(CNC(=O)c2cccc3ccccc23)CC1. The minimum atomic E-state index is -0.122. The van der Waals surface area contributed by atoms with Crippen LogP contribution in [0.5, 0.6) is 5.75 Å². The largest absolute Gasteiger partial charge is 0.495 e. The van der Waals surface area contributed by atoms with Gasteiger partial charge in [-0.1, -0.05) is 48.5 Å². The van der Waals surface area contributed by atoms with E-state index < -0.39 is 0 Å². The number of piperidine rings is 1. The molecule has 2 N–H and O–H groups in total. The Bertz CT molecular complexity index is 1070. The summed E-state index contributed by atoms with van der Waals surface area (Å²) >= 11 is 0. The molecule has 0 aliphatic carbocycles. The number of carbonyl (C=O) groups is 2. The summed E-state index contributed by atoms with van der Waals surface area (Å²) in [5.74, 6) is 0.948. The molecule has 4 rings (SSSR count). The number of carbonyl (C=O) groups excluding carboxylic acids is 2. The van der Waals surface area contributed by atoms with Crippen molar-refractivity contribution in [2.45, 2.75) is 12.8 Å². The average Bonchev–Trinajstić information content (AvgIpc) is 2.82. The first-order chi connectivity index (χ1) is 15.2. The molecular formula is C25H27N3O3. The number of nitrogens with zero attached hydrogens (tertiary/aromatic N) is 1. The lowest BCUT2D eigenvalue weighted by molar-refractivity contribution is 0.0940. The Morgan fingerprint density at radius 2 is 1.68 bits per heavy atom. The number of anilines is 1. The van der Waals surface area contributed by atoms with Crippen LogP contribution in [0.4, 0.5) is 10.5 Å². The van der Waals surface area contributed by atoms with Crippen LogP contribution >= 0.6 is 0 Å². The zero-order chi connectivity index (χ0) is 21.6. The average molecular weight is 418 g/mol. The van der Waals surface area contributed by atoms with E-state index in [1.165, 1.54) is 0 Å². The van der Waals surface area contributed by atoms with Crippen LogP contribution in [0.25, 0.3) is 10.8 Å². The van der Waals surface area contributed by atoms with Gasteiger partial charge in [-0.05, 0) is 47.7 Å². The number of amides is 3. The lowest BCUT2D eigenvalue weighted by Gasteiger charge is -2.32. The van der Waals surface area contributed by atoms with Gasteiger partial charge in [-0.2, -0.15) is 0 Å². The third-order valence-corrected chi connectivity index (χ3v) is 5.84. The highest BCUT2D eigenvalue weighted by Gasteiger charge is 2.24. The van der Waals surface area contributed by atoms with E-state index in [0.717, 1.165) is 23.6 Å².